The molecule has 4 rings (SSSR count). The quantitative estimate of drug-likeness (QED) is 0.646. The van der Waals surface area contributed by atoms with E-state index in [4.69, 9.17) is 14.2 Å². The molecule has 0 aliphatic carbocycles. The van der Waals surface area contributed by atoms with Crippen molar-refractivity contribution in [2.45, 2.75) is 12.8 Å². The maximum atomic E-state index is 13.8. The van der Waals surface area contributed by atoms with Gasteiger partial charge < -0.3 is 24.2 Å². The van der Waals surface area contributed by atoms with Crippen LogP contribution in [0.2, 0.25) is 0 Å². The highest BCUT2D eigenvalue weighted by Crippen LogP contribution is 2.41. The van der Waals surface area contributed by atoms with Gasteiger partial charge in [-0.1, -0.05) is 18.2 Å². The van der Waals surface area contributed by atoms with E-state index in [1.807, 2.05) is 17.0 Å². The Morgan fingerprint density at radius 3 is 2.30 bits per heavy atom. The zero-order chi connectivity index (χ0) is 23.5. The fourth-order valence-electron chi connectivity index (χ4n) is 4.48. The molecular formula is C25H28N2O6. The van der Waals surface area contributed by atoms with Gasteiger partial charge >= 0.3 is 0 Å². The molecule has 8 nitrogen and oxygen atoms in total. The minimum Gasteiger partial charge on any atom is -0.497 e. The number of nitrogens with zero attached hydrogens (tertiary/aromatic N) is 2. The number of hydrogen-bond donors (Lipinski definition) is 1. The number of benzene rings is 2. The molecule has 1 unspecified atom stereocenters. The van der Waals surface area contributed by atoms with Gasteiger partial charge in [0.1, 0.15) is 22.9 Å². The van der Waals surface area contributed by atoms with Gasteiger partial charge in [0.25, 0.3) is 11.8 Å². The van der Waals surface area contributed by atoms with Crippen molar-refractivity contribution in [2.24, 2.45) is 5.92 Å². The average Bonchev–Trinajstić information content (AvgIpc) is 3.13. The molecule has 0 aromatic heterocycles. The third kappa shape index (κ3) is 4.14. The number of amides is 2. The first-order chi connectivity index (χ1) is 16.0. The Hall–Kier alpha value is -3.52. The Balaban J connectivity index is 1.86. The molecule has 0 radical (unpaired) electrons. The number of carbonyl (C=O) groups excluding carboxylic acids is 2. The molecule has 2 aliphatic heterocycles. The van der Waals surface area contributed by atoms with Crippen LogP contribution in [0.5, 0.6) is 17.2 Å². The van der Waals surface area contributed by atoms with E-state index in [2.05, 4.69) is 0 Å². The van der Waals surface area contributed by atoms with Gasteiger partial charge in [-0.15, -0.1) is 0 Å². The summed E-state index contributed by atoms with van der Waals surface area (Å²) < 4.78 is 16.2. The Kier molecular flexibility index (Phi) is 6.55. The molecule has 0 bridgehead atoms. The minimum absolute atomic E-state index is 0.0344. The first-order valence-electron chi connectivity index (χ1n) is 10.9. The number of anilines is 1. The summed E-state index contributed by atoms with van der Waals surface area (Å²) in [7, 11) is 4.56. The molecular weight excluding hydrogens is 424 g/mol. The molecule has 2 aromatic rings. The zero-order valence-corrected chi connectivity index (χ0v) is 19.0. The number of ether oxygens (including phenoxy) is 3. The Labute approximate surface area is 193 Å². The second kappa shape index (κ2) is 9.54. The predicted octanol–water partition coefficient (Wildman–Crippen LogP) is 2.70. The molecule has 1 N–H and O–H groups in total. The molecule has 2 heterocycles. The van der Waals surface area contributed by atoms with E-state index in [9.17, 15) is 14.7 Å². The Bertz CT molecular complexity index is 1070. The van der Waals surface area contributed by atoms with Crippen molar-refractivity contribution in [1.82, 2.24) is 4.90 Å². The lowest BCUT2D eigenvalue weighted by molar-refractivity contribution is -0.120. The topological polar surface area (TPSA) is 88.5 Å². The van der Waals surface area contributed by atoms with Crippen molar-refractivity contribution < 1.29 is 28.9 Å². The molecule has 1 atom stereocenters. The number of piperidine rings is 1. The SMILES string of the molecule is COc1cc(OC)cc(N2C(=O)C(c3ccccc3OC)=C(N3CCCC(CO)C3)C2=O)c1. The van der Waals surface area contributed by atoms with Gasteiger partial charge in [-0.3, -0.25) is 9.59 Å². The molecule has 1 fully saturated rings. The fourth-order valence-corrected chi connectivity index (χ4v) is 4.48. The largest absolute Gasteiger partial charge is 0.497 e. The number of imide groups is 1. The van der Waals surface area contributed by atoms with Crippen molar-refractivity contribution in [1.29, 1.82) is 0 Å². The van der Waals surface area contributed by atoms with E-state index in [-0.39, 0.29) is 18.1 Å². The van der Waals surface area contributed by atoms with Crippen molar-refractivity contribution in [3.63, 3.8) is 0 Å². The first kappa shape index (κ1) is 22.7. The molecule has 2 amide bonds. The normalized spacial score (nSPS) is 18.7. The molecule has 174 valence electrons. The van der Waals surface area contributed by atoms with Crippen LogP contribution in [0.1, 0.15) is 18.4 Å². The number of methoxy groups -OCH3 is 3. The summed E-state index contributed by atoms with van der Waals surface area (Å²) in [5.41, 5.74) is 1.53. The highest BCUT2D eigenvalue weighted by molar-refractivity contribution is 6.45. The van der Waals surface area contributed by atoms with Crippen LogP contribution in [0.15, 0.2) is 48.2 Å². The molecule has 0 saturated carbocycles. The van der Waals surface area contributed by atoms with Gasteiger partial charge in [-0.05, 0) is 24.8 Å². The van der Waals surface area contributed by atoms with Gasteiger partial charge in [-0.25, -0.2) is 4.90 Å². The second-order valence-electron chi connectivity index (χ2n) is 8.08. The van der Waals surface area contributed by atoms with E-state index in [0.717, 1.165) is 17.7 Å². The Morgan fingerprint density at radius 2 is 1.67 bits per heavy atom. The van der Waals surface area contributed by atoms with Crippen molar-refractivity contribution in [3.05, 3.63) is 53.7 Å². The molecule has 33 heavy (non-hydrogen) atoms. The van der Waals surface area contributed by atoms with Gasteiger partial charge in [0.2, 0.25) is 0 Å². The smallest absolute Gasteiger partial charge is 0.282 e. The van der Waals surface area contributed by atoms with E-state index in [1.165, 1.54) is 21.3 Å². The number of rotatable bonds is 7. The van der Waals surface area contributed by atoms with E-state index >= 15 is 0 Å². The lowest BCUT2D eigenvalue weighted by Gasteiger charge is -2.34. The number of para-hydroxylation sites is 1. The average molecular weight is 453 g/mol. The Morgan fingerprint density at radius 1 is 0.970 bits per heavy atom. The lowest BCUT2D eigenvalue weighted by atomic mass is 9.96. The van der Waals surface area contributed by atoms with Crippen LogP contribution in [0.4, 0.5) is 5.69 Å². The zero-order valence-electron chi connectivity index (χ0n) is 19.0. The van der Waals surface area contributed by atoms with E-state index < -0.39 is 11.8 Å². The highest BCUT2D eigenvalue weighted by atomic mass is 16.5. The van der Waals surface area contributed by atoms with Crippen LogP contribution >= 0.6 is 0 Å². The first-order valence-corrected chi connectivity index (χ1v) is 10.9. The van der Waals surface area contributed by atoms with Crippen molar-refractivity contribution in [3.8, 4) is 17.2 Å². The standard InChI is InChI=1S/C25H28N2O6/c1-31-18-11-17(12-19(13-18)32-2)27-24(29)22(20-8-4-5-9-21(20)33-3)23(25(27)30)26-10-6-7-16(14-26)15-28/h4-5,8-9,11-13,16,28H,6-7,10,14-15H2,1-3H3. The van der Waals surface area contributed by atoms with Crippen molar-refractivity contribution >= 4 is 23.1 Å². The summed E-state index contributed by atoms with van der Waals surface area (Å²) in [6, 6.07) is 12.1. The van der Waals surface area contributed by atoms with Gasteiger partial charge in [0, 0.05) is 43.5 Å². The summed E-state index contributed by atoms with van der Waals surface area (Å²) >= 11 is 0. The third-order valence-corrected chi connectivity index (χ3v) is 6.12. The fraction of sp³-hybridized carbons (Fsp3) is 0.360. The number of hydrogen-bond acceptors (Lipinski definition) is 7. The molecule has 2 aliphatic rings. The third-order valence-electron chi connectivity index (χ3n) is 6.12. The maximum absolute atomic E-state index is 13.8. The summed E-state index contributed by atoms with van der Waals surface area (Å²) in [5, 5.41) is 9.73. The predicted molar refractivity (Wildman–Crippen MR) is 123 cm³/mol. The van der Waals surface area contributed by atoms with Crippen LogP contribution in [0, 0.1) is 5.92 Å². The lowest BCUT2D eigenvalue weighted by Crippen LogP contribution is -2.40. The minimum atomic E-state index is -0.444. The van der Waals surface area contributed by atoms with Crippen molar-refractivity contribution in [2.75, 3.05) is 45.9 Å². The summed E-state index contributed by atoms with van der Waals surface area (Å²) in [6.45, 7) is 1.16. The maximum Gasteiger partial charge on any atom is 0.282 e. The van der Waals surface area contributed by atoms with Gasteiger partial charge in [0.05, 0.1) is 32.6 Å². The highest BCUT2D eigenvalue weighted by Gasteiger charge is 2.44. The molecule has 1 saturated heterocycles. The summed E-state index contributed by atoms with van der Waals surface area (Å²) in [6.07, 6.45) is 1.70. The number of likely N-dealkylation sites (tertiary alicyclic amines) is 1. The molecule has 0 spiro atoms. The molecule has 2 aromatic carbocycles. The summed E-state index contributed by atoms with van der Waals surface area (Å²) in [5.74, 6) is 0.618. The van der Waals surface area contributed by atoms with E-state index in [1.54, 1.807) is 30.3 Å². The monoisotopic (exact) mass is 452 g/mol. The van der Waals surface area contributed by atoms with Crippen LogP contribution in [-0.4, -0.2) is 62.8 Å². The van der Waals surface area contributed by atoms with Crippen LogP contribution < -0.4 is 19.1 Å². The second-order valence-corrected chi connectivity index (χ2v) is 8.08. The van der Waals surface area contributed by atoms with Crippen LogP contribution in [-0.2, 0) is 9.59 Å². The van der Waals surface area contributed by atoms with Gasteiger partial charge in [-0.2, -0.15) is 0 Å². The van der Waals surface area contributed by atoms with Crippen LogP contribution in [0.3, 0.4) is 0 Å². The number of aliphatic hydroxyl groups excluding tert-OH is 1. The van der Waals surface area contributed by atoms with Gasteiger partial charge in [0.15, 0.2) is 0 Å². The number of aliphatic hydroxyl groups is 1. The number of carbonyl (C=O) groups is 2. The summed E-state index contributed by atoms with van der Waals surface area (Å²) in [4.78, 5) is 30.7. The molecule has 8 heteroatoms. The van der Waals surface area contributed by atoms with E-state index in [0.29, 0.717) is 47.3 Å². The van der Waals surface area contributed by atoms with Crippen LogP contribution in [0.25, 0.3) is 5.57 Å².